The Labute approximate surface area is 137 Å². The summed E-state index contributed by atoms with van der Waals surface area (Å²) in [7, 11) is 1.61. The average molecular weight is 316 g/mol. The number of methoxy groups -OCH3 is 1. The summed E-state index contributed by atoms with van der Waals surface area (Å²) in [6.45, 7) is 8.30. The van der Waals surface area contributed by atoms with Gasteiger partial charge in [-0.15, -0.1) is 6.58 Å². The van der Waals surface area contributed by atoms with E-state index in [9.17, 15) is 5.11 Å². The molecule has 0 aliphatic heterocycles. The number of aliphatic hydroxyl groups excluding tert-OH is 1. The number of hydrogen-bond donors (Lipinski definition) is 1. The van der Waals surface area contributed by atoms with E-state index in [4.69, 9.17) is 9.47 Å². The van der Waals surface area contributed by atoms with E-state index >= 15 is 0 Å². The lowest BCUT2D eigenvalue weighted by molar-refractivity contribution is 0.0905. The maximum Gasteiger partial charge on any atom is 0.161 e. The van der Waals surface area contributed by atoms with Crippen LogP contribution in [0.2, 0.25) is 0 Å². The molecule has 0 spiro atoms. The molecule has 1 aromatic heterocycles. The highest BCUT2D eigenvalue weighted by molar-refractivity contribution is 5.43. The molecule has 0 aliphatic rings. The average Bonchev–Trinajstić information content (AvgIpc) is 2.86. The molecule has 1 aromatic carbocycles. The summed E-state index contributed by atoms with van der Waals surface area (Å²) in [5, 5.41) is 10.2. The first-order chi connectivity index (χ1) is 11.0. The molecule has 2 aromatic rings. The molecule has 0 aliphatic carbocycles. The van der Waals surface area contributed by atoms with Crippen molar-refractivity contribution in [3.8, 4) is 11.5 Å². The second-order valence-electron chi connectivity index (χ2n) is 5.51. The van der Waals surface area contributed by atoms with Crippen molar-refractivity contribution in [3.05, 3.63) is 54.1 Å². The van der Waals surface area contributed by atoms with E-state index in [-0.39, 0.29) is 6.61 Å². The SMILES string of the molecule is C=CCc1ccc(OCC(O)Cn2cnc(C)c2C)c(OC)c1. The fourth-order valence-corrected chi connectivity index (χ4v) is 2.32. The first-order valence-corrected chi connectivity index (χ1v) is 7.62. The maximum atomic E-state index is 10.2. The van der Waals surface area contributed by atoms with Crippen molar-refractivity contribution in [1.29, 1.82) is 0 Å². The molecule has 0 amide bonds. The molecule has 0 fully saturated rings. The number of benzene rings is 1. The van der Waals surface area contributed by atoms with E-state index < -0.39 is 6.10 Å². The van der Waals surface area contributed by atoms with Gasteiger partial charge in [-0.05, 0) is 38.0 Å². The summed E-state index contributed by atoms with van der Waals surface area (Å²) in [4.78, 5) is 4.23. The second-order valence-corrected chi connectivity index (χ2v) is 5.51. The first-order valence-electron chi connectivity index (χ1n) is 7.62. The topological polar surface area (TPSA) is 56.5 Å². The number of allylic oxidation sites excluding steroid dienone is 1. The highest BCUT2D eigenvalue weighted by Crippen LogP contribution is 2.28. The number of ether oxygens (including phenoxy) is 2. The van der Waals surface area contributed by atoms with Crippen molar-refractivity contribution in [2.75, 3.05) is 13.7 Å². The summed E-state index contributed by atoms with van der Waals surface area (Å²) in [5.41, 5.74) is 3.13. The van der Waals surface area contributed by atoms with Crippen LogP contribution >= 0.6 is 0 Å². The molecule has 1 N–H and O–H groups in total. The minimum atomic E-state index is -0.625. The Bertz CT molecular complexity index is 664. The summed E-state index contributed by atoms with van der Waals surface area (Å²) in [6, 6.07) is 5.75. The minimum Gasteiger partial charge on any atom is -0.493 e. The largest absolute Gasteiger partial charge is 0.493 e. The Kier molecular flexibility index (Phi) is 5.82. The van der Waals surface area contributed by atoms with Gasteiger partial charge < -0.3 is 19.1 Å². The van der Waals surface area contributed by atoms with Gasteiger partial charge in [-0.2, -0.15) is 0 Å². The van der Waals surface area contributed by atoms with Crippen LogP contribution < -0.4 is 9.47 Å². The Hall–Kier alpha value is -2.27. The number of hydrogen-bond acceptors (Lipinski definition) is 4. The van der Waals surface area contributed by atoms with Crippen LogP contribution in [-0.2, 0) is 13.0 Å². The normalized spacial score (nSPS) is 12.0. The van der Waals surface area contributed by atoms with Crippen LogP contribution in [0.5, 0.6) is 11.5 Å². The van der Waals surface area contributed by atoms with Crippen molar-refractivity contribution >= 4 is 0 Å². The quantitative estimate of drug-likeness (QED) is 0.761. The van der Waals surface area contributed by atoms with Gasteiger partial charge in [0, 0.05) is 5.69 Å². The Morgan fingerprint density at radius 2 is 2.13 bits per heavy atom. The van der Waals surface area contributed by atoms with Crippen LogP contribution in [0.25, 0.3) is 0 Å². The van der Waals surface area contributed by atoms with E-state index in [1.807, 2.05) is 42.7 Å². The summed E-state index contributed by atoms with van der Waals surface area (Å²) in [6.07, 6.45) is 3.73. The van der Waals surface area contributed by atoms with Crippen molar-refractivity contribution in [2.45, 2.75) is 32.9 Å². The number of imidazole rings is 1. The van der Waals surface area contributed by atoms with Crippen LogP contribution in [0, 0.1) is 13.8 Å². The number of rotatable bonds is 8. The molecule has 1 atom stereocenters. The molecule has 5 heteroatoms. The van der Waals surface area contributed by atoms with Gasteiger partial charge in [-0.25, -0.2) is 4.98 Å². The monoisotopic (exact) mass is 316 g/mol. The van der Waals surface area contributed by atoms with Gasteiger partial charge in [0.2, 0.25) is 0 Å². The third-order valence-electron chi connectivity index (χ3n) is 3.79. The highest BCUT2D eigenvalue weighted by Gasteiger charge is 2.12. The van der Waals surface area contributed by atoms with Crippen molar-refractivity contribution in [2.24, 2.45) is 0 Å². The second kappa shape index (κ2) is 7.83. The molecule has 0 saturated heterocycles. The zero-order valence-electron chi connectivity index (χ0n) is 14.0. The smallest absolute Gasteiger partial charge is 0.161 e. The fourth-order valence-electron chi connectivity index (χ4n) is 2.32. The Balaban J connectivity index is 1.97. The Morgan fingerprint density at radius 1 is 1.35 bits per heavy atom. The van der Waals surface area contributed by atoms with Gasteiger partial charge in [0.15, 0.2) is 11.5 Å². The summed E-state index contributed by atoms with van der Waals surface area (Å²) < 4.78 is 13.0. The first kappa shape index (κ1) is 17.1. The van der Waals surface area contributed by atoms with Crippen LogP contribution in [0.3, 0.4) is 0 Å². The molecule has 0 radical (unpaired) electrons. The highest BCUT2D eigenvalue weighted by atomic mass is 16.5. The molecular weight excluding hydrogens is 292 g/mol. The van der Waals surface area contributed by atoms with Crippen LogP contribution in [0.1, 0.15) is 17.0 Å². The zero-order chi connectivity index (χ0) is 16.8. The summed E-state index contributed by atoms with van der Waals surface area (Å²) >= 11 is 0. The number of nitrogens with zero attached hydrogens (tertiary/aromatic N) is 2. The minimum absolute atomic E-state index is 0.188. The molecule has 1 heterocycles. The lowest BCUT2D eigenvalue weighted by atomic mass is 10.1. The lowest BCUT2D eigenvalue weighted by Crippen LogP contribution is -2.24. The van der Waals surface area contributed by atoms with Gasteiger partial charge in [0.05, 0.1) is 25.7 Å². The van der Waals surface area contributed by atoms with E-state index in [0.29, 0.717) is 18.0 Å². The van der Waals surface area contributed by atoms with Crippen LogP contribution in [0.4, 0.5) is 0 Å². The number of aryl methyl sites for hydroxylation is 1. The molecule has 0 bridgehead atoms. The van der Waals surface area contributed by atoms with Crippen molar-refractivity contribution in [3.63, 3.8) is 0 Å². The predicted molar refractivity (Wildman–Crippen MR) is 90.1 cm³/mol. The van der Waals surface area contributed by atoms with E-state index in [0.717, 1.165) is 23.4 Å². The predicted octanol–water partition coefficient (Wildman–Crippen LogP) is 2.68. The van der Waals surface area contributed by atoms with Gasteiger partial charge in [0.1, 0.15) is 12.7 Å². The van der Waals surface area contributed by atoms with Crippen LogP contribution in [0.15, 0.2) is 37.2 Å². The van der Waals surface area contributed by atoms with E-state index in [2.05, 4.69) is 11.6 Å². The Morgan fingerprint density at radius 3 is 2.74 bits per heavy atom. The molecule has 2 rings (SSSR count). The van der Waals surface area contributed by atoms with E-state index in [1.165, 1.54) is 0 Å². The molecular formula is C18H24N2O3. The third kappa shape index (κ3) is 4.36. The van der Waals surface area contributed by atoms with Crippen molar-refractivity contribution < 1.29 is 14.6 Å². The van der Waals surface area contributed by atoms with Gasteiger partial charge >= 0.3 is 0 Å². The molecule has 0 saturated carbocycles. The zero-order valence-corrected chi connectivity index (χ0v) is 14.0. The van der Waals surface area contributed by atoms with Gasteiger partial charge in [-0.1, -0.05) is 12.1 Å². The molecule has 1 unspecified atom stereocenters. The molecule has 5 nitrogen and oxygen atoms in total. The van der Waals surface area contributed by atoms with Crippen molar-refractivity contribution in [1.82, 2.24) is 9.55 Å². The van der Waals surface area contributed by atoms with Gasteiger partial charge in [0.25, 0.3) is 0 Å². The van der Waals surface area contributed by atoms with Crippen LogP contribution in [-0.4, -0.2) is 34.5 Å². The number of aromatic nitrogens is 2. The lowest BCUT2D eigenvalue weighted by Gasteiger charge is -2.16. The number of aliphatic hydroxyl groups is 1. The van der Waals surface area contributed by atoms with E-state index in [1.54, 1.807) is 13.4 Å². The van der Waals surface area contributed by atoms with Gasteiger partial charge in [-0.3, -0.25) is 0 Å². The maximum absolute atomic E-state index is 10.2. The standard InChI is InChI=1S/C18H24N2O3/c1-5-6-15-7-8-17(18(9-15)22-4)23-11-16(21)10-20-12-19-13(2)14(20)3/h5,7-9,12,16,21H,1,6,10-11H2,2-4H3. The molecule has 124 valence electrons. The molecule has 23 heavy (non-hydrogen) atoms. The fraction of sp³-hybridized carbons (Fsp3) is 0.389. The summed E-state index contributed by atoms with van der Waals surface area (Å²) in [5.74, 6) is 1.28. The third-order valence-corrected chi connectivity index (χ3v) is 3.79.